The number of hydrogen-bond acceptors (Lipinski definition) is 8. The third kappa shape index (κ3) is 4.61. The van der Waals surface area contributed by atoms with Crippen LogP contribution in [0, 0.1) is 0 Å². The summed E-state index contributed by atoms with van der Waals surface area (Å²) >= 11 is 0. The lowest BCUT2D eigenvalue weighted by Crippen LogP contribution is -2.37. The fraction of sp³-hybridized carbons (Fsp3) is 0.500. The number of ether oxygens (including phenoxy) is 3. The highest BCUT2D eigenvalue weighted by Gasteiger charge is 2.62. The molecule has 1 fully saturated rings. The zero-order valence-corrected chi connectivity index (χ0v) is 23.0. The molecule has 200 valence electrons. The van der Waals surface area contributed by atoms with Crippen LogP contribution in [0.15, 0.2) is 52.8 Å². The molecular formula is C30H35N3O5. The molecule has 1 spiro atoms. The molecule has 38 heavy (non-hydrogen) atoms. The van der Waals surface area contributed by atoms with Gasteiger partial charge in [-0.05, 0) is 66.5 Å². The average molecular weight is 518 g/mol. The standard InChI is InChI=1S/C30H35N3O5/c1-28(2,3)37-26(34)21-22(27(35)38-29(4,5)6)30(36-25(21)33-18-12-8-7-9-13-18)23-19(14-10-16-31-23)20-15-11-17-32-24(20)30/h10-11,14-18H,7-9,12-13H2,1-6H3. The van der Waals surface area contributed by atoms with Crippen LogP contribution in [0.5, 0.6) is 0 Å². The molecule has 5 rings (SSSR count). The van der Waals surface area contributed by atoms with Gasteiger partial charge in [-0.2, -0.15) is 0 Å². The number of nitrogens with zero attached hydrogens (tertiary/aromatic N) is 3. The Hall–Kier alpha value is -3.55. The van der Waals surface area contributed by atoms with E-state index >= 15 is 0 Å². The first-order chi connectivity index (χ1) is 17.9. The number of carbonyl (C=O) groups is 2. The molecule has 0 saturated heterocycles. The van der Waals surface area contributed by atoms with E-state index < -0.39 is 28.7 Å². The smallest absolute Gasteiger partial charge is 0.344 e. The van der Waals surface area contributed by atoms with Crippen LogP contribution in [-0.2, 0) is 29.4 Å². The van der Waals surface area contributed by atoms with Crippen molar-refractivity contribution in [1.82, 2.24) is 9.97 Å². The molecule has 1 saturated carbocycles. The van der Waals surface area contributed by atoms with Gasteiger partial charge in [-0.3, -0.25) is 9.97 Å². The van der Waals surface area contributed by atoms with Crippen LogP contribution >= 0.6 is 0 Å². The Morgan fingerprint density at radius 2 is 1.39 bits per heavy atom. The van der Waals surface area contributed by atoms with E-state index in [9.17, 15) is 9.59 Å². The van der Waals surface area contributed by atoms with Crippen LogP contribution in [0.1, 0.15) is 85.0 Å². The lowest BCUT2D eigenvalue weighted by molar-refractivity contribution is -0.154. The van der Waals surface area contributed by atoms with Crippen molar-refractivity contribution in [2.24, 2.45) is 4.99 Å². The molecule has 2 aromatic heterocycles. The summed E-state index contributed by atoms with van der Waals surface area (Å²) < 4.78 is 18.4. The van der Waals surface area contributed by atoms with Gasteiger partial charge >= 0.3 is 11.9 Å². The quantitative estimate of drug-likeness (QED) is 0.500. The second-order valence-corrected chi connectivity index (χ2v) is 12.1. The molecule has 0 unspecified atom stereocenters. The van der Waals surface area contributed by atoms with E-state index in [1.54, 1.807) is 53.9 Å². The number of hydrogen-bond donors (Lipinski definition) is 0. The Kier molecular flexibility index (Phi) is 6.40. The van der Waals surface area contributed by atoms with Gasteiger partial charge in [-0.1, -0.05) is 31.4 Å². The van der Waals surface area contributed by atoms with Gasteiger partial charge in [0.15, 0.2) is 0 Å². The van der Waals surface area contributed by atoms with Gasteiger partial charge in [0.25, 0.3) is 0 Å². The lowest BCUT2D eigenvalue weighted by atomic mass is 9.87. The van der Waals surface area contributed by atoms with Crippen molar-refractivity contribution in [3.63, 3.8) is 0 Å². The van der Waals surface area contributed by atoms with Gasteiger partial charge in [0.05, 0.1) is 6.04 Å². The Morgan fingerprint density at radius 1 is 0.868 bits per heavy atom. The molecule has 8 heteroatoms. The van der Waals surface area contributed by atoms with Crippen LogP contribution in [-0.4, -0.2) is 45.0 Å². The minimum absolute atomic E-state index is 0.00799. The molecule has 0 N–H and O–H groups in total. The van der Waals surface area contributed by atoms with Crippen molar-refractivity contribution in [2.75, 3.05) is 0 Å². The third-order valence-electron chi connectivity index (χ3n) is 6.72. The number of aliphatic imine (C=N–C) groups is 1. The van der Waals surface area contributed by atoms with E-state index in [1.807, 2.05) is 24.3 Å². The molecule has 3 aliphatic rings. The van der Waals surface area contributed by atoms with E-state index in [0.717, 1.165) is 43.2 Å². The Labute approximate surface area is 223 Å². The molecule has 0 amide bonds. The lowest BCUT2D eigenvalue weighted by Gasteiger charge is -2.29. The van der Waals surface area contributed by atoms with E-state index in [4.69, 9.17) is 19.2 Å². The fourth-order valence-corrected chi connectivity index (χ4v) is 5.34. The molecule has 0 atom stereocenters. The molecule has 0 aromatic carbocycles. The maximum atomic E-state index is 14.1. The Morgan fingerprint density at radius 3 is 1.92 bits per heavy atom. The predicted molar refractivity (Wildman–Crippen MR) is 142 cm³/mol. The third-order valence-corrected chi connectivity index (χ3v) is 6.72. The highest BCUT2D eigenvalue weighted by molar-refractivity contribution is 6.24. The van der Waals surface area contributed by atoms with Crippen LogP contribution < -0.4 is 0 Å². The van der Waals surface area contributed by atoms with Crippen molar-refractivity contribution < 1.29 is 23.8 Å². The summed E-state index contributed by atoms with van der Waals surface area (Å²) in [4.78, 5) is 42.2. The number of esters is 2. The SMILES string of the molecule is CC(C)(C)OC(=O)C1=C(C(=O)OC(C)(C)C)C2(OC1=NC1CCCCC1)c1ncccc1-c1cccnc12. The summed E-state index contributed by atoms with van der Waals surface area (Å²) in [7, 11) is 0. The van der Waals surface area contributed by atoms with Crippen molar-refractivity contribution in [3.8, 4) is 11.1 Å². The summed E-state index contributed by atoms with van der Waals surface area (Å²) in [6.45, 7) is 10.7. The molecule has 3 heterocycles. The second kappa shape index (κ2) is 9.33. The highest BCUT2D eigenvalue weighted by atomic mass is 16.6. The van der Waals surface area contributed by atoms with Crippen molar-refractivity contribution in [2.45, 2.75) is 96.5 Å². The first kappa shape index (κ1) is 26.1. The van der Waals surface area contributed by atoms with E-state index in [0.29, 0.717) is 11.4 Å². The van der Waals surface area contributed by atoms with E-state index in [-0.39, 0.29) is 23.1 Å². The molecule has 8 nitrogen and oxygen atoms in total. The second-order valence-electron chi connectivity index (χ2n) is 12.1. The van der Waals surface area contributed by atoms with Crippen molar-refractivity contribution >= 4 is 17.8 Å². The van der Waals surface area contributed by atoms with Crippen molar-refractivity contribution in [3.05, 3.63) is 59.2 Å². The van der Waals surface area contributed by atoms with Crippen LogP contribution in [0.2, 0.25) is 0 Å². The molecular weight excluding hydrogens is 482 g/mol. The number of carbonyl (C=O) groups excluding carboxylic acids is 2. The summed E-state index contributed by atoms with van der Waals surface area (Å²) in [5, 5.41) is 0. The topological polar surface area (TPSA) is 100.0 Å². The number of fused-ring (bicyclic) bond motifs is 5. The molecule has 2 aromatic rings. The van der Waals surface area contributed by atoms with Crippen LogP contribution in [0.4, 0.5) is 0 Å². The Balaban J connectivity index is 1.81. The minimum atomic E-state index is -1.59. The normalized spacial score (nSPS) is 19.8. The largest absolute Gasteiger partial charge is 0.456 e. The summed E-state index contributed by atoms with van der Waals surface area (Å²) in [6, 6.07) is 7.45. The number of aromatic nitrogens is 2. The van der Waals surface area contributed by atoms with Gasteiger partial charge in [-0.25, -0.2) is 14.6 Å². The number of rotatable bonds is 3. The summed E-state index contributed by atoms with van der Waals surface area (Å²) in [5.41, 5.74) is -0.728. The van der Waals surface area contributed by atoms with Crippen LogP contribution in [0.3, 0.4) is 0 Å². The maximum Gasteiger partial charge on any atom is 0.344 e. The van der Waals surface area contributed by atoms with Crippen LogP contribution in [0.25, 0.3) is 11.1 Å². The highest BCUT2D eigenvalue weighted by Crippen LogP contribution is 2.56. The fourth-order valence-electron chi connectivity index (χ4n) is 5.34. The van der Waals surface area contributed by atoms with Gasteiger partial charge in [-0.15, -0.1) is 0 Å². The van der Waals surface area contributed by atoms with E-state index in [1.165, 1.54) is 0 Å². The zero-order valence-electron chi connectivity index (χ0n) is 23.0. The first-order valence-corrected chi connectivity index (χ1v) is 13.3. The monoisotopic (exact) mass is 517 g/mol. The van der Waals surface area contributed by atoms with Crippen molar-refractivity contribution in [1.29, 1.82) is 0 Å². The minimum Gasteiger partial charge on any atom is -0.456 e. The van der Waals surface area contributed by atoms with Gasteiger partial charge in [0, 0.05) is 23.5 Å². The van der Waals surface area contributed by atoms with E-state index in [2.05, 4.69) is 9.97 Å². The molecule has 0 bridgehead atoms. The molecule has 2 aliphatic carbocycles. The van der Waals surface area contributed by atoms with Gasteiger partial charge < -0.3 is 14.2 Å². The Bertz CT molecular complexity index is 1290. The summed E-state index contributed by atoms with van der Waals surface area (Å²) in [6.07, 6.45) is 8.30. The average Bonchev–Trinajstić information content (AvgIpc) is 3.32. The molecule has 0 radical (unpaired) electrons. The summed E-state index contributed by atoms with van der Waals surface area (Å²) in [5.74, 6) is -1.30. The maximum absolute atomic E-state index is 14.1. The predicted octanol–water partition coefficient (Wildman–Crippen LogP) is 5.44. The van der Waals surface area contributed by atoms with Gasteiger partial charge in [0.1, 0.15) is 33.7 Å². The first-order valence-electron chi connectivity index (χ1n) is 13.3. The zero-order chi connectivity index (χ0) is 27.3. The number of pyridine rings is 2. The molecule has 1 aliphatic heterocycles. The van der Waals surface area contributed by atoms with Gasteiger partial charge in [0.2, 0.25) is 11.5 Å².